The third kappa shape index (κ3) is 1.15. The van der Waals surface area contributed by atoms with Crippen LogP contribution >= 0.6 is 11.6 Å². The van der Waals surface area contributed by atoms with Crippen molar-refractivity contribution in [2.24, 2.45) is 0 Å². The van der Waals surface area contributed by atoms with Gasteiger partial charge in [0.1, 0.15) is 0 Å². The van der Waals surface area contributed by atoms with Crippen molar-refractivity contribution in [3.05, 3.63) is 0 Å². The van der Waals surface area contributed by atoms with E-state index >= 15 is 0 Å². The zero-order valence-corrected chi connectivity index (χ0v) is 6.07. The first-order chi connectivity index (χ1) is 3.70. The molecule has 0 radical (unpaired) electrons. The molecular weight excluding hydrogens is 122 g/mol. The van der Waals surface area contributed by atoms with Gasteiger partial charge in [-0.3, -0.25) is 0 Å². The number of halogens is 1. The second kappa shape index (κ2) is 2.24. The van der Waals surface area contributed by atoms with E-state index < -0.39 is 0 Å². The first-order valence-electron chi connectivity index (χ1n) is 3.10. The molecule has 1 heterocycles. The van der Waals surface area contributed by atoms with Crippen LogP contribution in [0.15, 0.2) is 0 Å². The Hall–Kier alpha value is 0.250. The Labute approximate surface area is 55.4 Å². The minimum Gasteiger partial charge on any atom is -0.310 e. The lowest BCUT2D eigenvalue weighted by Gasteiger charge is -2.04. The van der Waals surface area contributed by atoms with Gasteiger partial charge in [0.2, 0.25) is 0 Å². The molecule has 1 fully saturated rings. The van der Waals surface area contributed by atoms with Crippen LogP contribution in [0.2, 0.25) is 0 Å². The summed E-state index contributed by atoms with van der Waals surface area (Å²) in [7, 11) is 0. The summed E-state index contributed by atoms with van der Waals surface area (Å²) in [6.07, 6.45) is 1.11. The summed E-state index contributed by atoms with van der Waals surface area (Å²) in [6.45, 7) is 4.29. The zero-order chi connectivity index (χ0) is 6.15. The smallest absolute Gasteiger partial charge is 0.0501 e. The lowest BCUT2D eigenvalue weighted by Crippen LogP contribution is -2.26. The van der Waals surface area contributed by atoms with Crippen molar-refractivity contribution in [2.75, 3.05) is 0 Å². The molecule has 0 saturated carbocycles. The minimum atomic E-state index is 0.352. The fourth-order valence-corrected chi connectivity index (χ4v) is 1.50. The van der Waals surface area contributed by atoms with E-state index in [0.29, 0.717) is 17.5 Å². The number of hydrogen-bond donors (Lipinski definition) is 1. The third-order valence-electron chi connectivity index (χ3n) is 1.67. The summed E-state index contributed by atoms with van der Waals surface area (Å²) in [5, 5.41) is 3.69. The molecule has 0 spiro atoms. The van der Waals surface area contributed by atoms with Crippen LogP contribution in [0.25, 0.3) is 0 Å². The Kier molecular flexibility index (Phi) is 1.78. The Bertz CT molecular complexity index is 74.6. The van der Waals surface area contributed by atoms with E-state index in [9.17, 15) is 0 Å². The molecule has 0 aromatic carbocycles. The fourth-order valence-electron chi connectivity index (χ4n) is 1.16. The monoisotopic (exact) mass is 133 g/mol. The average Bonchev–Trinajstić information content (AvgIpc) is 1.85. The predicted molar refractivity (Wildman–Crippen MR) is 36.3 cm³/mol. The van der Waals surface area contributed by atoms with Gasteiger partial charge >= 0.3 is 0 Å². The topological polar surface area (TPSA) is 12.0 Å². The molecule has 8 heavy (non-hydrogen) atoms. The van der Waals surface area contributed by atoms with Crippen molar-refractivity contribution in [2.45, 2.75) is 37.7 Å². The normalized spacial score (nSPS) is 47.6. The highest BCUT2D eigenvalue weighted by molar-refractivity contribution is 6.21. The Morgan fingerprint density at radius 1 is 1.50 bits per heavy atom. The molecule has 3 unspecified atom stereocenters. The van der Waals surface area contributed by atoms with Crippen LogP contribution in [0, 0.1) is 0 Å². The molecule has 1 aliphatic rings. The molecule has 1 N–H and O–H groups in total. The standard InChI is InChI=1S/C6H12ClN/c1-4-3-6(7)5(2)8-4/h4-6,8H,3H2,1-2H3. The molecule has 0 aliphatic carbocycles. The van der Waals surface area contributed by atoms with Crippen LogP contribution in [0.4, 0.5) is 0 Å². The van der Waals surface area contributed by atoms with Gasteiger partial charge in [-0.05, 0) is 20.3 Å². The van der Waals surface area contributed by atoms with Gasteiger partial charge in [-0.15, -0.1) is 11.6 Å². The molecule has 0 aromatic heterocycles. The average molecular weight is 134 g/mol. The molecule has 2 heteroatoms. The van der Waals surface area contributed by atoms with Crippen molar-refractivity contribution < 1.29 is 0 Å². The van der Waals surface area contributed by atoms with E-state index in [4.69, 9.17) is 11.6 Å². The van der Waals surface area contributed by atoms with Crippen LogP contribution in [-0.2, 0) is 0 Å². The van der Waals surface area contributed by atoms with Gasteiger partial charge < -0.3 is 5.32 Å². The molecule has 1 aliphatic heterocycles. The van der Waals surface area contributed by atoms with Crippen molar-refractivity contribution in [3.8, 4) is 0 Å². The molecule has 1 nitrogen and oxygen atoms in total. The maximum atomic E-state index is 5.90. The van der Waals surface area contributed by atoms with Crippen LogP contribution in [0.3, 0.4) is 0 Å². The summed E-state index contributed by atoms with van der Waals surface area (Å²) >= 11 is 5.90. The molecule has 0 aromatic rings. The molecule has 0 bridgehead atoms. The highest BCUT2D eigenvalue weighted by Crippen LogP contribution is 2.17. The quantitative estimate of drug-likeness (QED) is 0.492. The van der Waals surface area contributed by atoms with Gasteiger partial charge in [0.25, 0.3) is 0 Å². The Morgan fingerprint density at radius 2 is 2.12 bits per heavy atom. The van der Waals surface area contributed by atoms with Crippen molar-refractivity contribution >= 4 is 11.6 Å². The predicted octanol–water partition coefficient (Wildman–Crippen LogP) is 1.36. The maximum Gasteiger partial charge on any atom is 0.0501 e. The van der Waals surface area contributed by atoms with Crippen LogP contribution < -0.4 is 5.32 Å². The number of hydrogen-bond acceptors (Lipinski definition) is 1. The highest BCUT2D eigenvalue weighted by Gasteiger charge is 2.25. The minimum absolute atomic E-state index is 0.352. The van der Waals surface area contributed by atoms with E-state index in [1.807, 2.05) is 0 Å². The molecule has 1 rings (SSSR count). The van der Waals surface area contributed by atoms with Crippen LogP contribution in [0.5, 0.6) is 0 Å². The summed E-state index contributed by atoms with van der Waals surface area (Å²) in [5.41, 5.74) is 0. The Balaban J connectivity index is 2.39. The van der Waals surface area contributed by atoms with Crippen molar-refractivity contribution in [3.63, 3.8) is 0 Å². The molecule has 0 amide bonds. The lowest BCUT2D eigenvalue weighted by molar-refractivity contribution is 0.597. The van der Waals surface area contributed by atoms with Crippen LogP contribution in [-0.4, -0.2) is 17.5 Å². The van der Waals surface area contributed by atoms with Crippen molar-refractivity contribution in [1.82, 2.24) is 5.32 Å². The zero-order valence-electron chi connectivity index (χ0n) is 5.32. The fraction of sp³-hybridized carbons (Fsp3) is 1.00. The van der Waals surface area contributed by atoms with E-state index in [0.717, 1.165) is 6.42 Å². The summed E-state index contributed by atoms with van der Waals surface area (Å²) < 4.78 is 0. The van der Waals surface area contributed by atoms with E-state index in [1.165, 1.54) is 0 Å². The molecule has 48 valence electrons. The summed E-state index contributed by atoms with van der Waals surface area (Å²) in [4.78, 5) is 0. The van der Waals surface area contributed by atoms with E-state index in [1.54, 1.807) is 0 Å². The molecular formula is C6H12ClN. The largest absolute Gasteiger partial charge is 0.310 e. The van der Waals surface area contributed by atoms with Gasteiger partial charge in [-0.2, -0.15) is 0 Å². The first kappa shape index (κ1) is 6.37. The molecule has 3 atom stereocenters. The van der Waals surface area contributed by atoms with E-state index in [-0.39, 0.29) is 0 Å². The van der Waals surface area contributed by atoms with Gasteiger partial charge in [0, 0.05) is 12.1 Å². The lowest BCUT2D eigenvalue weighted by atomic mass is 10.2. The number of alkyl halides is 1. The number of nitrogens with one attached hydrogen (secondary N) is 1. The Morgan fingerprint density at radius 3 is 2.25 bits per heavy atom. The summed E-state index contributed by atoms with van der Waals surface area (Å²) in [5.74, 6) is 0. The first-order valence-corrected chi connectivity index (χ1v) is 3.54. The van der Waals surface area contributed by atoms with Gasteiger partial charge in [-0.25, -0.2) is 0 Å². The second-order valence-electron chi connectivity index (χ2n) is 2.61. The highest BCUT2D eigenvalue weighted by atomic mass is 35.5. The van der Waals surface area contributed by atoms with Crippen LogP contribution in [0.1, 0.15) is 20.3 Å². The SMILES string of the molecule is CC1CC(Cl)C(C)N1. The summed E-state index contributed by atoms with van der Waals surface area (Å²) in [6, 6.07) is 1.12. The van der Waals surface area contributed by atoms with Crippen molar-refractivity contribution in [1.29, 1.82) is 0 Å². The number of rotatable bonds is 0. The second-order valence-corrected chi connectivity index (χ2v) is 3.17. The molecule has 1 saturated heterocycles. The van der Waals surface area contributed by atoms with Gasteiger partial charge in [-0.1, -0.05) is 0 Å². The maximum absolute atomic E-state index is 5.90. The van der Waals surface area contributed by atoms with Gasteiger partial charge in [0.05, 0.1) is 5.38 Å². The van der Waals surface area contributed by atoms with E-state index in [2.05, 4.69) is 19.2 Å². The van der Waals surface area contributed by atoms with Gasteiger partial charge in [0.15, 0.2) is 0 Å². The third-order valence-corrected chi connectivity index (χ3v) is 2.22.